The van der Waals surface area contributed by atoms with Gasteiger partial charge < -0.3 is 15.2 Å². The van der Waals surface area contributed by atoms with Crippen LogP contribution in [0.3, 0.4) is 0 Å². The van der Waals surface area contributed by atoms with Crippen LogP contribution in [0.4, 0.5) is 5.69 Å². The maximum Gasteiger partial charge on any atom is 0.269 e. The summed E-state index contributed by atoms with van der Waals surface area (Å²) in [5.41, 5.74) is 6.88. The van der Waals surface area contributed by atoms with Crippen molar-refractivity contribution in [2.45, 2.75) is 43.4 Å². The SMILES string of the molecule is COc1ccc([N+](=O)[O-])cc1CC1(N)CC2CCC1O2. The number of nitrogens with two attached hydrogens (primary N) is 1. The van der Waals surface area contributed by atoms with Gasteiger partial charge in [-0.3, -0.25) is 10.1 Å². The Kier molecular flexibility index (Phi) is 3.14. The number of ether oxygens (including phenoxy) is 2. The van der Waals surface area contributed by atoms with Gasteiger partial charge >= 0.3 is 0 Å². The molecule has 3 unspecified atom stereocenters. The summed E-state index contributed by atoms with van der Waals surface area (Å²) in [5.74, 6) is 0.642. The third-order valence-electron chi connectivity index (χ3n) is 4.35. The molecule has 2 aliphatic rings. The molecule has 3 atom stereocenters. The molecule has 2 fully saturated rings. The third-order valence-corrected chi connectivity index (χ3v) is 4.35. The molecule has 2 heterocycles. The largest absolute Gasteiger partial charge is 0.496 e. The zero-order valence-corrected chi connectivity index (χ0v) is 11.4. The van der Waals surface area contributed by atoms with Gasteiger partial charge in [-0.2, -0.15) is 0 Å². The van der Waals surface area contributed by atoms with Crippen molar-refractivity contribution in [2.75, 3.05) is 7.11 Å². The Morgan fingerprint density at radius 3 is 2.90 bits per heavy atom. The van der Waals surface area contributed by atoms with Gasteiger partial charge in [0.1, 0.15) is 5.75 Å². The summed E-state index contributed by atoms with van der Waals surface area (Å²) in [6.45, 7) is 0. The van der Waals surface area contributed by atoms with E-state index in [-0.39, 0.29) is 17.9 Å². The highest BCUT2D eigenvalue weighted by Gasteiger charge is 2.50. The molecule has 0 aliphatic carbocycles. The first-order valence-corrected chi connectivity index (χ1v) is 6.77. The van der Waals surface area contributed by atoms with E-state index in [2.05, 4.69) is 0 Å². The summed E-state index contributed by atoms with van der Waals surface area (Å²) < 4.78 is 11.1. The second-order valence-corrected chi connectivity index (χ2v) is 5.69. The summed E-state index contributed by atoms with van der Waals surface area (Å²) in [7, 11) is 1.56. The smallest absolute Gasteiger partial charge is 0.269 e. The first-order valence-electron chi connectivity index (χ1n) is 6.77. The van der Waals surface area contributed by atoms with Crippen LogP contribution in [0, 0.1) is 10.1 Å². The van der Waals surface area contributed by atoms with Crippen LogP contribution in [0.25, 0.3) is 0 Å². The van der Waals surface area contributed by atoms with E-state index in [1.165, 1.54) is 6.07 Å². The number of hydrogen-bond donors (Lipinski definition) is 1. The second-order valence-electron chi connectivity index (χ2n) is 5.69. The van der Waals surface area contributed by atoms with E-state index in [9.17, 15) is 10.1 Å². The molecule has 108 valence electrons. The van der Waals surface area contributed by atoms with E-state index in [4.69, 9.17) is 15.2 Å². The van der Waals surface area contributed by atoms with E-state index in [0.29, 0.717) is 12.2 Å². The predicted octanol–water partition coefficient (Wildman–Crippen LogP) is 1.79. The average Bonchev–Trinajstić information content (AvgIpc) is 2.98. The first kappa shape index (κ1) is 13.3. The first-order chi connectivity index (χ1) is 9.51. The second kappa shape index (κ2) is 4.71. The Hall–Kier alpha value is -1.66. The van der Waals surface area contributed by atoms with Crippen LogP contribution >= 0.6 is 0 Å². The number of methoxy groups -OCH3 is 1. The molecule has 0 radical (unpaired) electrons. The molecule has 3 rings (SSSR count). The fourth-order valence-electron chi connectivity index (χ4n) is 3.39. The van der Waals surface area contributed by atoms with Crippen LogP contribution in [-0.4, -0.2) is 29.8 Å². The maximum absolute atomic E-state index is 10.9. The zero-order chi connectivity index (χ0) is 14.3. The summed E-state index contributed by atoms with van der Waals surface area (Å²) in [4.78, 5) is 10.5. The Bertz CT molecular complexity index is 548. The van der Waals surface area contributed by atoms with Gasteiger partial charge in [-0.05, 0) is 31.7 Å². The van der Waals surface area contributed by atoms with Crippen LogP contribution in [-0.2, 0) is 11.2 Å². The van der Waals surface area contributed by atoms with Gasteiger partial charge in [0.25, 0.3) is 5.69 Å². The van der Waals surface area contributed by atoms with E-state index in [0.717, 1.165) is 24.8 Å². The lowest BCUT2D eigenvalue weighted by Gasteiger charge is -2.31. The molecule has 0 aromatic heterocycles. The molecule has 2 bridgehead atoms. The molecule has 2 saturated heterocycles. The van der Waals surface area contributed by atoms with E-state index in [1.54, 1.807) is 19.2 Å². The fourth-order valence-corrected chi connectivity index (χ4v) is 3.39. The van der Waals surface area contributed by atoms with E-state index in [1.807, 2.05) is 0 Å². The van der Waals surface area contributed by atoms with Gasteiger partial charge in [-0.1, -0.05) is 0 Å². The van der Waals surface area contributed by atoms with Gasteiger partial charge in [0.2, 0.25) is 0 Å². The van der Waals surface area contributed by atoms with Crippen LogP contribution in [0.1, 0.15) is 24.8 Å². The van der Waals surface area contributed by atoms with Crippen molar-refractivity contribution < 1.29 is 14.4 Å². The predicted molar refractivity (Wildman–Crippen MR) is 72.8 cm³/mol. The van der Waals surface area contributed by atoms with Crippen LogP contribution in [0.2, 0.25) is 0 Å². The Morgan fingerprint density at radius 1 is 1.55 bits per heavy atom. The summed E-state index contributed by atoms with van der Waals surface area (Å²) >= 11 is 0. The van der Waals surface area contributed by atoms with Crippen LogP contribution in [0.5, 0.6) is 5.75 Å². The van der Waals surface area contributed by atoms with Crippen molar-refractivity contribution in [3.05, 3.63) is 33.9 Å². The molecular weight excluding hydrogens is 260 g/mol. The molecule has 2 N–H and O–H groups in total. The maximum atomic E-state index is 10.9. The minimum Gasteiger partial charge on any atom is -0.496 e. The van der Waals surface area contributed by atoms with Gasteiger partial charge in [-0.15, -0.1) is 0 Å². The third kappa shape index (κ3) is 2.14. The fraction of sp³-hybridized carbons (Fsp3) is 0.571. The Morgan fingerprint density at radius 2 is 2.35 bits per heavy atom. The lowest BCUT2D eigenvalue weighted by Crippen LogP contribution is -2.50. The lowest BCUT2D eigenvalue weighted by atomic mass is 9.78. The molecule has 2 aliphatic heterocycles. The molecule has 0 saturated carbocycles. The quantitative estimate of drug-likeness (QED) is 0.670. The number of nitrogens with zero attached hydrogens (tertiary/aromatic N) is 1. The number of non-ortho nitro benzene ring substituents is 1. The monoisotopic (exact) mass is 278 g/mol. The Balaban J connectivity index is 1.89. The molecular formula is C14H18N2O4. The highest BCUT2D eigenvalue weighted by Crippen LogP contribution is 2.43. The van der Waals surface area contributed by atoms with Crippen molar-refractivity contribution in [1.82, 2.24) is 0 Å². The van der Waals surface area contributed by atoms with Gasteiger partial charge in [0.15, 0.2) is 0 Å². The normalized spacial score (nSPS) is 31.5. The number of fused-ring (bicyclic) bond motifs is 2. The summed E-state index contributed by atoms with van der Waals surface area (Å²) in [5, 5.41) is 10.9. The highest BCUT2D eigenvalue weighted by atomic mass is 16.6. The molecule has 6 heteroatoms. The number of benzene rings is 1. The van der Waals surface area contributed by atoms with Gasteiger partial charge in [0.05, 0.1) is 24.2 Å². The minimum absolute atomic E-state index is 0.0523. The molecule has 1 aromatic carbocycles. The van der Waals surface area contributed by atoms with Crippen molar-refractivity contribution in [1.29, 1.82) is 0 Å². The van der Waals surface area contributed by atoms with Gasteiger partial charge in [0, 0.05) is 23.2 Å². The van der Waals surface area contributed by atoms with Gasteiger partial charge in [-0.25, -0.2) is 0 Å². The summed E-state index contributed by atoms with van der Waals surface area (Å²) in [6, 6.07) is 4.63. The average molecular weight is 278 g/mol. The van der Waals surface area contributed by atoms with Crippen molar-refractivity contribution in [3.8, 4) is 5.75 Å². The van der Waals surface area contributed by atoms with Crippen molar-refractivity contribution >= 4 is 5.69 Å². The standard InChI is InChI=1S/C14H18N2O4/c1-19-12-4-2-10(16(17)18)6-9(12)7-14(15)8-11-3-5-13(14)20-11/h2,4,6,11,13H,3,5,7-8,15H2,1H3. The number of nitro groups is 1. The summed E-state index contributed by atoms with van der Waals surface area (Å²) in [6.07, 6.45) is 3.68. The topological polar surface area (TPSA) is 87.6 Å². The number of nitro benzene ring substituents is 1. The number of rotatable bonds is 4. The minimum atomic E-state index is -0.439. The molecule has 20 heavy (non-hydrogen) atoms. The molecule has 1 aromatic rings. The molecule has 6 nitrogen and oxygen atoms in total. The highest BCUT2D eigenvalue weighted by molar-refractivity contribution is 5.45. The van der Waals surface area contributed by atoms with Crippen molar-refractivity contribution in [2.24, 2.45) is 5.73 Å². The lowest BCUT2D eigenvalue weighted by molar-refractivity contribution is -0.384. The number of hydrogen-bond acceptors (Lipinski definition) is 5. The zero-order valence-electron chi connectivity index (χ0n) is 11.4. The Labute approximate surface area is 117 Å². The molecule has 0 amide bonds. The van der Waals surface area contributed by atoms with Crippen LogP contribution < -0.4 is 10.5 Å². The van der Waals surface area contributed by atoms with E-state index < -0.39 is 10.5 Å². The van der Waals surface area contributed by atoms with E-state index >= 15 is 0 Å². The molecule has 0 spiro atoms. The van der Waals surface area contributed by atoms with Crippen molar-refractivity contribution in [3.63, 3.8) is 0 Å². The van der Waals surface area contributed by atoms with Crippen LogP contribution in [0.15, 0.2) is 18.2 Å².